The number of hydrogen-bond donors (Lipinski definition) is 1. The van der Waals surface area contributed by atoms with Crippen molar-refractivity contribution in [3.8, 4) is 0 Å². The van der Waals surface area contributed by atoms with E-state index in [1.807, 2.05) is 0 Å². The van der Waals surface area contributed by atoms with E-state index in [9.17, 15) is 17.6 Å². The number of benzene rings is 1. The fraction of sp³-hybridized carbons (Fsp3) is 0.417. The molecular weight excluding hydrogens is 273 g/mol. The van der Waals surface area contributed by atoms with Crippen molar-refractivity contribution < 1.29 is 22.3 Å². The first kappa shape index (κ1) is 15.6. The minimum absolute atomic E-state index is 0.139. The van der Waals surface area contributed by atoms with Crippen molar-refractivity contribution in [1.29, 1.82) is 0 Å². The summed E-state index contributed by atoms with van der Waals surface area (Å²) in [5.74, 6) is -1.74. The van der Waals surface area contributed by atoms with Gasteiger partial charge in [0.1, 0.15) is 5.82 Å². The number of esters is 1. The van der Waals surface area contributed by atoms with Crippen molar-refractivity contribution in [1.82, 2.24) is 0 Å². The predicted octanol–water partition coefficient (Wildman–Crippen LogP) is 1.74. The molecule has 1 atom stereocenters. The molecule has 0 aliphatic rings. The van der Waals surface area contributed by atoms with Gasteiger partial charge in [0, 0.05) is 0 Å². The van der Waals surface area contributed by atoms with E-state index in [0.717, 1.165) is 12.1 Å². The van der Waals surface area contributed by atoms with Gasteiger partial charge in [-0.25, -0.2) is 22.7 Å². The Kier molecular flexibility index (Phi) is 4.65. The zero-order chi connectivity index (χ0) is 14.8. The summed E-state index contributed by atoms with van der Waals surface area (Å²) in [7, 11) is -4.01. The molecule has 0 aliphatic heterocycles. The van der Waals surface area contributed by atoms with Crippen LogP contribution >= 0.6 is 0 Å². The van der Waals surface area contributed by atoms with Gasteiger partial charge in [-0.1, -0.05) is 6.92 Å². The molecule has 0 heterocycles. The summed E-state index contributed by atoms with van der Waals surface area (Å²) >= 11 is 0. The number of primary sulfonamides is 1. The lowest BCUT2D eigenvalue weighted by atomic mass is 10.1. The topological polar surface area (TPSA) is 86.5 Å². The van der Waals surface area contributed by atoms with Crippen molar-refractivity contribution in [3.05, 3.63) is 29.1 Å². The molecule has 0 saturated carbocycles. The van der Waals surface area contributed by atoms with Crippen molar-refractivity contribution in [2.75, 3.05) is 0 Å². The number of aryl methyl sites for hydroxylation is 1. The van der Waals surface area contributed by atoms with Gasteiger partial charge in [0.05, 0.1) is 16.6 Å². The lowest BCUT2D eigenvalue weighted by Gasteiger charge is -2.12. The van der Waals surface area contributed by atoms with Crippen LogP contribution in [0, 0.1) is 12.7 Å². The Morgan fingerprint density at radius 3 is 2.53 bits per heavy atom. The van der Waals surface area contributed by atoms with Crippen molar-refractivity contribution >= 4 is 16.0 Å². The molecule has 0 bridgehead atoms. The van der Waals surface area contributed by atoms with Crippen LogP contribution in [0.4, 0.5) is 4.39 Å². The number of carbonyl (C=O) groups excluding carboxylic acids is 1. The van der Waals surface area contributed by atoms with E-state index in [1.165, 1.54) is 6.92 Å². The number of sulfonamides is 1. The molecule has 0 aliphatic carbocycles. The molecule has 5 nitrogen and oxygen atoms in total. The van der Waals surface area contributed by atoms with Crippen LogP contribution in [0.3, 0.4) is 0 Å². The molecule has 1 unspecified atom stereocenters. The Bertz CT molecular complexity index is 598. The zero-order valence-corrected chi connectivity index (χ0v) is 11.8. The van der Waals surface area contributed by atoms with Crippen LogP contribution in [0.25, 0.3) is 0 Å². The van der Waals surface area contributed by atoms with Gasteiger partial charge in [-0.2, -0.15) is 0 Å². The minimum Gasteiger partial charge on any atom is -0.459 e. The molecule has 0 amide bonds. The molecule has 0 fully saturated rings. The maximum atomic E-state index is 13.7. The normalized spacial score (nSPS) is 13.1. The Morgan fingerprint density at radius 2 is 2.05 bits per heavy atom. The summed E-state index contributed by atoms with van der Waals surface area (Å²) in [6.07, 6.45) is 0.187. The van der Waals surface area contributed by atoms with Gasteiger partial charge in [-0.05, 0) is 38.0 Å². The molecule has 19 heavy (non-hydrogen) atoms. The zero-order valence-electron chi connectivity index (χ0n) is 10.9. The number of halogens is 1. The van der Waals surface area contributed by atoms with Crippen LogP contribution < -0.4 is 5.14 Å². The molecule has 1 aromatic carbocycles. The van der Waals surface area contributed by atoms with E-state index in [4.69, 9.17) is 9.88 Å². The highest BCUT2D eigenvalue weighted by atomic mass is 32.2. The van der Waals surface area contributed by atoms with Gasteiger partial charge < -0.3 is 4.74 Å². The molecule has 0 aromatic heterocycles. The first-order valence-electron chi connectivity index (χ1n) is 5.70. The minimum atomic E-state index is -4.01. The van der Waals surface area contributed by atoms with Gasteiger partial charge in [0.25, 0.3) is 0 Å². The highest BCUT2D eigenvalue weighted by Gasteiger charge is 2.21. The van der Waals surface area contributed by atoms with Gasteiger partial charge in [0.2, 0.25) is 10.0 Å². The standard InChI is InChI=1S/C12H16FNO4S/c1-4-8(3)18-12(15)9-6-11(19(14,16)17)7(2)5-10(9)13/h5-6,8H,4H2,1-3H3,(H2,14,16,17). The summed E-state index contributed by atoms with van der Waals surface area (Å²) in [6, 6.07) is 1.86. The summed E-state index contributed by atoms with van der Waals surface area (Å²) < 4.78 is 41.3. The Morgan fingerprint density at radius 1 is 1.47 bits per heavy atom. The van der Waals surface area contributed by atoms with E-state index in [0.29, 0.717) is 6.42 Å². The summed E-state index contributed by atoms with van der Waals surface area (Å²) in [4.78, 5) is 11.4. The summed E-state index contributed by atoms with van der Waals surface area (Å²) in [5.41, 5.74) is -0.296. The number of hydrogen-bond acceptors (Lipinski definition) is 4. The molecule has 2 N–H and O–H groups in total. The second kappa shape index (κ2) is 5.66. The molecule has 0 spiro atoms. The molecule has 0 radical (unpaired) electrons. The second-order valence-electron chi connectivity index (χ2n) is 4.27. The van der Waals surface area contributed by atoms with Crippen LogP contribution in [0.15, 0.2) is 17.0 Å². The molecule has 1 aromatic rings. The maximum absolute atomic E-state index is 13.7. The fourth-order valence-electron chi connectivity index (χ4n) is 1.45. The smallest absolute Gasteiger partial charge is 0.341 e. The average Bonchev–Trinajstić information content (AvgIpc) is 2.26. The molecule has 1 rings (SSSR count). The summed E-state index contributed by atoms with van der Waals surface area (Å²) in [6.45, 7) is 4.86. The van der Waals surface area contributed by atoms with Crippen LogP contribution in [-0.2, 0) is 14.8 Å². The lowest BCUT2D eigenvalue weighted by Crippen LogP contribution is -2.18. The number of ether oxygens (including phenoxy) is 1. The van der Waals surface area contributed by atoms with Crippen molar-refractivity contribution in [2.24, 2.45) is 5.14 Å². The third-order valence-electron chi connectivity index (χ3n) is 2.67. The first-order valence-corrected chi connectivity index (χ1v) is 7.25. The number of carbonyl (C=O) groups is 1. The largest absolute Gasteiger partial charge is 0.459 e. The average molecular weight is 289 g/mol. The predicted molar refractivity (Wildman–Crippen MR) is 67.7 cm³/mol. The SMILES string of the molecule is CCC(C)OC(=O)c1cc(S(N)(=O)=O)c(C)cc1F. The molecular formula is C12H16FNO4S. The maximum Gasteiger partial charge on any atom is 0.341 e. The van der Waals surface area contributed by atoms with Crippen LogP contribution in [0.2, 0.25) is 0 Å². The molecule has 106 valence electrons. The van der Waals surface area contributed by atoms with E-state index in [2.05, 4.69) is 0 Å². The van der Waals surface area contributed by atoms with E-state index >= 15 is 0 Å². The number of nitrogens with two attached hydrogens (primary N) is 1. The van der Waals surface area contributed by atoms with Crippen LogP contribution in [0.1, 0.15) is 36.2 Å². The van der Waals surface area contributed by atoms with Gasteiger partial charge >= 0.3 is 5.97 Å². The highest BCUT2D eigenvalue weighted by Crippen LogP contribution is 2.20. The third kappa shape index (κ3) is 3.74. The first-order chi connectivity index (χ1) is 8.66. The third-order valence-corrected chi connectivity index (χ3v) is 3.73. The highest BCUT2D eigenvalue weighted by molar-refractivity contribution is 7.89. The molecule has 0 saturated heterocycles. The lowest BCUT2D eigenvalue weighted by molar-refractivity contribution is 0.0329. The van der Waals surface area contributed by atoms with E-state index in [1.54, 1.807) is 13.8 Å². The van der Waals surface area contributed by atoms with E-state index < -0.39 is 27.4 Å². The van der Waals surface area contributed by atoms with Gasteiger partial charge in [0.15, 0.2) is 0 Å². The van der Waals surface area contributed by atoms with Crippen molar-refractivity contribution in [2.45, 2.75) is 38.2 Å². The van der Waals surface area contributed by atoms with Crippen LogP contribution in [0.5, 0.6) is 0 Å². The quantitative estimate of drug-likeness (QED) is 0.855. The van der Waals surface area contributed by atoms with Gasteiger partial charge in [-0.3, -0.25) is 0 Å². The second-order valence-corrected chi connectivity index (χ2v) is 5.80. The van der Waals surface area contributed by atoms with Gasteiger partial charge in [-0.15, -0.1) is 0 Å². The van der Waals surface area contributed by atoms with Crippen LogP contribution in [-0.4, -0.2) is 20.5 Å². The Hall–Kier alpha value is -1.47. The number of rotatable bonds is 4. The Balaban J connectivity index is 3.26. The van der Waals surface area contributed by atoms with E-state index in [-0.39, 0.29) is 16.6 Å². The molecule has 7 heteroatoms. The summed E-state index contributed by atoms with van der Waals surface area (Å²) in [5, 5.41) is 5.00. The monoisotopic (exact) mass is 289 g/mol. The Labute approximate surface area is 111 Å². The van der Waals surface area contributed by atoms with Crippen molar-refractivity contribution in [3.63, 3.8) is 0 Å². The fourth-order valence-corrected chi connectivity index (χ4v) is 2.24.